The van der Waals surface area contributed by atoms with Crippen molar-refractivity contribution in [3.8, 4) is 0 Å². The van der Waals surface area contributed by atoms with Crippen LogP contribution in [-0.2, 0) is 0 Å². The maximum Gasteiger partial charge on any atom is 0.271 e. The monoisotopic (exact) mass is 333 g/mol. The Kier molecular flexibility index (Phi) is 6.39. The zero-order chi connectivity index (χ0) is 16.2. The van der Waals surface area contributed by atoms with Crippen LogP contribution in [0.2, 0.25) is 10.0 Å². The first-order valence-corrected chi connectivity index (χ1v) is 7.07. The number of hydrogen-bond donors (Lipinski definition) is 1. The highest BCUT2D eigenvalue weighted by Crippen LogP contribution is 2.30. The van der Waals surface area contributed by atoms with Gasteiger partial charge in [0.15, 0.2) is 0 Å². The third kappa shape index (κ3) is 5.15. The van der Waals surface area contributed by atoms with E-state index in [1.165, 1.54) is 0 Å². The lowest BCUT2D eigenvalue weighted by Crippen LogP contribution is -2.35. The standard InChI is InChI=1S/C13H17Cl2N3O3/c1-8(4-5-17(2)3)16-13(19)10-6-9(18(20)21)7-11(14)12(10)15/h6-8H,4-5H2,1-3H3,(H,16,19). The summed E-state index contributed by atoms with van der Waals surface area (Å²) in [7, 11) is 3.87. The van der Waals surface area contributed by atoms with Gasteiger partial charge in [0.2, 0.25) is 0 Å². The van der Waals surface area contributed by atoms with Gasteiger partial charge in [-0.2, -0.15) is 0 Å². The van der Waals surface area contributed by atoms with E-state index in [-0.39, 0.29) is 27.3 Å². The summed E-state index contributed by atoms with van der Waals surface area (Å²) in [6.07, 6.45) is 0.749. The van der Waals surface area contributed by atoms with E-state index < -0.39 is 10.8 Å². The van der Waals surface area contributed by atoms with Crippen molar-refractivity contribution in [2.24, 2.45) is 0 Å². The van der Waals surface area contributed by atoms with E-state index in [0.717, 1.165) is 25.1 Å². The number of nitrogens with zero attached hydrogens (tertiary/aromatic N) is 2. The van der Waals surface area contributed by atoms with Gasteiger partial charge in [-0.1, -0.05) is 23.2 Å². The molecule has 116 valence electrons. The van der Waals surface area contributed by atoms with Crippen LogP contribution in [0, 0.1) is 10.1 Å². The molecule has 8 heteroatoms. The first-order valence-electron chi connectivity index (χ1n) is 6.31. The molecule has 0 heterocycles. The van der Waals surface area contributed by atoms with Crippen LogP contribution in [0.5, 0.6) is 0 Å². The number of halogens is 2. The zero-order valence-electron chi connectivity index (χ0n) is 12.0. The molecule has 0 saturated carbocycles. The van der Waals surface area contributed by atoms with Crippen molar-refractivity contribution < 1.29 is 9.72 Å². The third-order valence-corrected chi connectivity index (χ3v) is 3.66. The van der Waals surface area contributed by atoms with Gasteiger partial charge in [0.1, 0.15) is 0 Å². The fourth-order valence-electron chi connectivity index (χ4n) is 1.67. The molecule has 6 nitrogen and oxygen atoms in total. The minimum atomic E-state index is -0.617. The highest BCUT2D eigenvalue weighted by atomic mass is 35.5. The number of benzene rings is 1. The van der Waals surface area contributed by atoms with Crippen LogP contribution in [-0.4, -0.2) is 42.4 Å². The van der Waals surface area contributed by atoms with E-state index in [9.17, 15) is 14.9 Å². The number of carbonyl (C=O) groups is 1. The van der Waals surface area contributed by atoms with Gasteiger partial charge in [0.25, 0.3) is 11.6 Å². The normalized spacial score (nSPS) is 12.3. The number of rotatable bonds is 6. The molecule has 0 bridgehead atoms. The first-order chi connectivity index (χ1) is 9.72. The van der Waals surface area contributed by atoms with Gasteiger partial charge in [0.05, 0.1) is 20.5 Å². The fourth-order valence-corrected chi connectivity index (χ4v) is 2.08. The second-order valence-electron chi connectivity index (χ2n) is 5.01. The van der Waals surface area contributed by atoms with E-state index in [4.69, 9.17) is 23.2 Å². The summed E-state index contributed by atoms with van der Waals surface area (Å²) in [6, 6.07) is 2.16. The number of nitro benzene ring substituents is 1. The smallest absolute Gasteiger partial charge is 0.271 e. The Morgan fingerprint density at radius 3 is 2.57 bits per heavy atom. The molecule has 1 rings (SSSR count). The topological polar surface area (TPSA) is 75.5 Å². The zero-order valence-corrected chi connectivity index (χ0v) is 13.5. The van der Waals surface area contributed by atoms with Gasteiger partial charge in [-0.25, -0.2) is 0 Å². The third-order valence-electron chi connectivity index (χ3n) is 2.86. The van der Waals surface area contributed by atoms with E-state index >= 15 is 0 Å². The van der Waals surface area contributed by atoms with Gasteiger partial charge in [-0.15, -0.1) is 0 Å². The fraction of sp³-hybridized carbons (Fsp3) is 0.462. The van der Waals surface area contributed by atoms with Gasteiger partial charge in [-0.05, 0) is 34.0 Å². The lowest BCUT2D eigenvalue weighted by atomic mass is 10.1. The summed E-state index contributed by atoms with van der Waals surface area (Å²) in [5.41, 5.74) is -0.261. The van der Waals surface area contributed by atoms with Crippen LogP contribution in [0.25, 0.3) is 0 Å². The SMILES string of the molecule is CC(CCN(C)C)NC(=O)c1cc([N+](=O)[O-])cc(Cl)c1Cl. The second kappa shape index (κ2) is 7.59. The quantitative estimate of drug-likeness (QED) is 0.641. The minimum Gasteiger partial charge on any atom is -0.349 e. The Labute approximate surface area is 133 Å². The molecule has 0 radical (unpaired) electrons. The van der Waals surface area contributed by atoms with Gasteiger partial charge in [0, 0.05) is 18.2 Å². The lowest BCUT2D eigenvalue weighted by molar-refractivity contribution is -0.384. The summed E-state index contributed by atoms with van der Waals surface area (Å²) in [6.45, 7) is 2.67. The number of nitro groups is 1. The molecule has 0 aromatic heterocycles. The number of non-ortho nitro benzene ring substituents is 1. The van der Waals surface area contributed by atoms with Gasteiger partial charge < -0.3 is 10.2 Å². The summed E-state index contributed by atoms with van der Waals surface area (Å²) in [5.74, 6) is -0.475. The molecule has 0 aliphatic heterocycles. The van der Waals surface area contributed by atoms with Crippen LogP contribution >= 0.6 is 23.2 Å². The van der Waals surface area contributed by atoms with Crippen LogP contribution < -0.4 is 5.32 Å². The van der Waals surface area contributed by atoms with Crippen LogP contribution in [0.1, 0.15) is 23.7 Å². The van der Waals surface area contributed by atoms with Crippen LogP contribution in [0.15, 0.2) is 12.1 Å². The molecule has 21 heavy (non-hydrogen) atoms. The number of amides is 1. The molecule has 1 atom stereocenters. The Hall–Kier alpha value is -1.37. The van der Waals surface area contributed by atoms with Crippen molar-refractivity contribution in [3.63, 3.8) is 0 Å². The van der Waals surface area contributed by atoms with E-state index in [1.807, 2.05) is 25.9 Å². The van der Waals surface area contributed by atoms with Crippen LogP contribution in [0.4, 0.5) is 5.69 Å². The Balaban J connectivity index is 2.89. The molecule has 0 spiro atoms. The molecule has 0 fully saturated rings. The summed E-state index contributed by atoms with van der Waals surface area (Å²) >= 11 is 11.8. The Morgan fingerprint density at radius 2 is 2.05 bits per heavy atom. The predicted molar refractivity (Wildman–Crippen MR) is 83.2 cm³/mol. The summed E-state index contributed by atoms with van der Waals surface area (Å²) in [4.78, 5) is 24.3. The predicted octanol–water partition coefficient (Wildman–Crippen LogP) is 2.97. The molecule has 1 unspecified atom stereocenters. The Morgan fingerprint density at radius 1 is 1.43 bits per heavy atom. The molecule has 1 N–H and O–H groups in total. The number of hydrogen-bond acceptors (Lipinski definition) is 4. The average Bonchev–Trinajstić information content (AvgIpc) is 2.38. The van der Waals surface area contributed by atoms with Crippen molar-refractivity contribution in [1.82, 2.24) is 10.2 Å². The van der Waals surface area contributed by atoms with Crippen molar-refractivity contribution in [1.29, 1.82) is 0 Å². The lowest BCUT2D eigenvalue weighted by Gasteiger charge is -2.17. The maximum atomic E-state index is 12.2. The molecule has 0 saturated heterocycles. The molecule has 1 aromatic carbocycles. The van der Waals surface area contributed by atoms with Gasteiger partial charge >= 0.3 is 0 Å². The summed E-state index contributed by atoms with van der Waals surface area (Å²) in [5, 5.41) is 13.6. The van der Waals surface area contributed by atoms with Crippen molar-refractivity contribution in [2.45, 2.75) is 19.4 Å². The highest BCUT2D eigenvalue weighted by molar-refractivity contribution is 6.44. The molecular weight excluding hydrogens is 317 g/mol. The Bertz CT molecular complexity index is 550. The van der Waals surface area contributed by atoms with E-state index in [2.05, 4.69) is 5.32 Å². The van der Waals surface area contributed by atoms with E-state index in [0.29, 0.717) is 0 Å². The largest absolute Gasteiger partial charge is 0.349 e. The number of carbonyl (C=O) groups excluding carboxylic acids is 1. The molecule has 0 aliphatic rings. The average molecular weight is 334 g/mol. The second-order valence-corrected chi connectivity index (χ2v) is 5.80. The van der Waals surface area contributed by atoms with E-state index in [1.54, 1.807) is 0 Å². The summed E-state index contributed by atoms with van der Waals surface area (Å²) < 4.78 is 0. The van der Waals surface area contributed by atoms with Gasteiger partial charge in [-0.3, -0.25) is 14.9 Å². The molecular formula is C13H17Cl2N3O3. The van der Waals surface area contributed by atoms with Crippen LogP contribution in [0.3, 0.4) is 0 Å². The van der Waals surface area contributed by atoms with Crippen molar-refractivity contribution in [3.05, 3.63) is 37.9 Å². The minimum absolute atomic E-state index is 0.00701. The highest BCUT2D eigenvalue weighted by Gasteiger charge is 2.20. The maximum absolute atomic E-state index is 12.2. The number of nitrogens with one attached hydrogen (secondary N) is 1. The molecule has 0 aliphatic carbocycles. The molecule has 1 amide bonds. The van der Waals surface area contributed by atoms with Crippen molar-refractivity contribution in [2.75, 3.05) is 20.6 Å². The van der Waals surface area contributed by atoms with Crippen molar-refractivity contribution >= 4 is 34.8 Å². The first kappa shape index (κ1) is 17.7. The molecule has 1 aromatic rings.